The second-order valence-corrected chi connectivity index (χ2v) is 17.2. The Labute approximate surface area is 321 Å². The molecule has 4 bridgehead atoms. The number of sulfone groups is 1. The second kappa shape index (κ2) is 15.0. The fourth-order valence-corrected chi connectivity index (χ4v) is 8.52. The molecule has 4 aromatic rings. The highest BCUT2D eigenvalue weighted by atomic mass is 32.2. The zero-order chi connectivity index (χ0) is 40.9. The van der Waals surface area contributed by atoms with Crippen molar-refractivity contribution in [1.82, 2.24) is 9.88 Å². The van der Waals surface area contributed by atoms with E-state index in [0.29, 0.717) is 18.4 Å². The SMILES string of the molecule is Cc1cc2ccc1[C@@H](C)COC(=O)Nc1cc(F)c(S(=O)(=O)C3CC3)c(c1)CN(C)C(=O)[C@@H]2Nc1cc2ccnc(N(C(=O)O)C(=O)OC(C)(C)C)c2cc1F. The largest absolute Gasteiger partial charge is 0.464 e. The topological polar surface area (TPSA) is 185 Å². The van der Waals surface area contributed by atoms with Gasteiger partial charge in [-0.15, -0.1) is 0 Å². The fraction of sp³-hybridized carbons (Fsp3) is 0.359. The summed E-state index contributed by atoms with van der Waals surface area (Å²) in [4.78, 5) is 57.3. The van der Waals surface area contributed by atoms with Crippen LogP contribution in [0.15, 0.2) is 59.6 Å². The standard InChI is InChI=1S/C39H41F2N5O9S/c1-20-13-23-7-10-27(20)21(2)19-54-36(48)43-25-14-24(33(30(41)16-25)56(52,53)26-8-9-26)18-45(6)35(47)32(23)44-31-15-22-11-12-42-34(28(22)17-29(31)40)46(37(49)50)38(51)55-39(3,4)5/h7,10-17,21,26,32,44H,8-9,18-19H2,1-6H3,(H,43,48)(H,49,50)/t21-,32+/m0/s1. The van der Waals surface area contributed by atoms with Gasteiger partial charge in [-0.2, -0.15) is 4.90 Å². The molecule has 1 aromatic heterocycles. The summed E-state index contributed by atoms with van der Waals surface area (Å²) in [5.41, 5.74) is 0.524. The average Bonchev–Trinajstić information content (AvgIpc) is 3.95. The van der Waals surface area contributed by atoms with E-state index in [9.17, 15) is 32.7 Å². The van der Waals surface area contributed by atoms with Crippen molar-refractivity contribution in [3.63, 3.8) is 0 Å². The smallest absolute Gasteiger partial charge is 0.425 e. The number of carbonyl (C=O) groups excluding carboxylic acids is 3. The van der Waals surface area contributed by atoms with Gasteiger partial charge in [-0.25, -0.2) is 36.6 Å². The van der Waals surface area contributed by atoms with Crippen molar-refractivity contribution in [2.24, 2.45) is 0 Å². The van der Waals surface area contributed by atoms with Crippen molar-refractivity contribution in [3.8, 4) is 0 Å². The summed E-state index contributed by atoms with van der Waals surface area (Å²) < 4.78 is 69.6. The number of hydrogen-bond acceptors (Lipinski definition) is 10. The lowest BCUT2D eigenvalue weighted by Gasteiger charge is -2.28. The molecule has 1 fully saturated rings. The number of carboxylic acid groups (broad SMARTS) is 1. The summed E-state index contributed by atoms with van der Waals surface area (Å²) in [5.74, 6) is -3.39. The van der Waals surface area contributed by atoms with Crippen LogP contribution in [0.2, 0.25) is 0 Å². The molecule has 4 amide bonds. The summed E-state index contributed by atoms with van der Waals surface area (Å²) in [7, 11) is -2.75. The van der Waals surface area contributed by atoms with Gasteiger partial charge in [0.15, 0.2) is 15.7 Å². The monoisotopic (exact) mass is 793 g/mol. The van der Waals surface area contributed by atoms with Crippen molar-refractivity contribution in [3.05, 3.63) is 88.6 Å². The number of pyridine rings is 1. The van der Waals surface area contributed by atoms with Crippen LogP contribution in [0.25, 0.3) is 10.8 Å². The minimum absolute atomic E-state index is 0.0416. The third-order valence-electron chi connectivity index (χ3n) is 9.38. The Balaban J connectivity index is 1.44. The maximum atomic E-state index is 16.2. The molecule has 296 valence electrons. The van der Waals surface area contributed by atoms with Crippen LogP contribution in [0, 0.1) is 18.6 Å². The van der Waals surface area contributed by atoms with Crippen LogP contribution in [0.5, 0.6) is 0 Å². The van der Waals surface area contributed by atoms with E-state index in [0.717, 1.165) is 23.3 Å². The van der Waals surface area contributed by atoms with Crippen molar-refractivity contribution >= 4 is 62.0 Å². The maximum absolute atomic E-state index is 16.2. The molecular formula is C39H41F2N5O9S. The number of imide groups is 1. The predicted octanol–water partition coefficient (Wildman–Crippen LogP) is 7.65. The summed E-state index contributed by atoms with van der Waals surface area (Å²) in [6, 6.07) is 9.80. The minimum Gasteiger partial charge on any atom is -0.464 e. The lowest BCUT2D eigenvalue weighted by Crippen LogP contribution is -2.40. The van der Waals surface area contributed by atoms with E-state index in [-0.39, 0.29) is 45.1 Å². The first-order valence-electron chi connectivity index (χ1n) is 17.7. The van der Waals surface area contributed by atoms with Crippen LogP contribution in [0.1, 0.15) is 74.8 Å². The Hall–Kier alpha value is -5.84. The lowest BCUT2D eigenvalue weighted by molar-refractivity contribution is -0.131. The second-order valence-electron chi connectivity index (χ2n) is 15.0. The molecule has 0 saturated heterocycles. The molecule has 0 radical (unpaired) electrons. The maximum Gasteiger partial charge on any atom is 0.425 e. The molecule has 14 nitrogen and oxygen atoms in total. The Morgan fingerprint density at radius 2 is 1.79 bits per heavy atom. The number of nitrogens with zero attached hydrogens (tertiary/aromatic N) is 3. The van der Waals surface area contributed by atoms with E-state index in [4.69, 9.17) is 9.47 Å². The number of anilines is 3. The highest BCUT2D eigenvalue weighted by Gasteiger charge is 2.41. The number of aromatic nitrogens is 1. The van der Waals surface area contributed by atoms with Gasteiger partial charge in [-0.1, -0.05) is 25.1 Å². The molecule has 3 N–H and O–H groups in total. The van der Waals surface area contributed by atoms with Gasteiger partial charge in [0.2, 0.25) is 5.91 Å². The quantitative estimate of drug-likeness (QED) is 0.180. The van der Waals surface area contributed by atoms with Crippen LogP contribution >= 0.6 is 0 Å². The number of amides is 4. The normalized spacial score (nSPS) is 18.0. The summed E-state index contributed by atoms with van der Waals surface area (Å²) in [6.07, 6.45) is -1.88. The van der Waals surface area contributed by atoms with E-state index in [1.165, 1.54) is 36.3 Å². The van der Waals surface area contributed by atoms with Gasteiger partial charge in [0.1, 0.15) is 28.2 Å². The number of halogens is 2. The van der Waals surface area contributed by atoms with Gasteiger partial charge in [-0.05, 0) is 98.5 Å². The molecule has 56 heavy (non-hydrogen) atoms. The molecule has 3 aliphatic rings. The molecule has 0 spiro atoms. The zero-order valence-corrected chi connectivity index (χ0v) is 32.3. The molecule has 2 aliphatic heterocycles. The molecule has 0 unspecified atom stereocenters. The summed E-state index contributed by atoms with van der Waals surface area (Å²) >= 11 is 0. The van der Waals surface area contributed by atoms with Crippen molar-refractivity contribution in [1.29, 1.82) is 0 Å². The van der Waals surface area contributed by atoms with Gasteiger partial charge in [0, 0.05) is 36.8 Å². The number of aryl methyl sites for hydroxylation is 1. The van der Waals surface area contributed by atoms with Gasteiger partial charge in [0.05, 0.1) is 17.5 Å². The number of rotatable bonds is 5. The fourth-order valence-electron chi connectivity index (χ4n) is 6.61. The van der Waals surface area contributed by atoms with Gasteiger partial charge in [0.25, 0.3) is 0 Å². The zero-order valence-electron chi connectivity index (χ0n) is 31.5. The van der Waals surface area contributed by atoms with Crippen LogP contribution in [0.3, 0.4) is 0 Å². The van der Waals surface area contributed by atoms with E-state index in [2.05, 4.69) is 15.6 Å². The third-order valence-corrected chi connectivity index (χ3v) is 11.8. The number of fused-ring (bicyclic) bond motifs is 10. The highest BCUT2D eigenvalue weighted by Crippen LogP contribution is 2.39. The van der Waals surface area contributed by atoms with Gasteiger partial charge in [-0.3, -0.25) is 10.1 Å². The Morgan fingerprint density at radius 1 is 1.07 bits per heavy atom. The van der Waals surface area contributed by atoms with Gasteiger partial charge < -0.3 is 24.8 Å². The Bertz CT molecular complexity index is 2380. The molecule has 7 rings (SSSR count). The van der Waals surface area contributed by atoms with Crippen molar-refractivity contribution < 1.29 is 51.0 Å². The Kier molecular flexibility index (Phi) is 10.7. The molecule has 3 aromatic carbocycles. The molecule has 1 saturated carbocycles. The van der Waals surface area contributed by atoms with E-state index in [1.54, 1.807) is 45.9 Å². The summed E-state index contributed by atoms with van der Waals surface area (Å²) in [5, 5.41) is 14.8. The first kappa shape index (κ1) is 39.8. The van der Waals surface area contributed by atoms with E-state index >= 15 is 8.78 Å². The predicted molar refractivity (Wildman–Crippen MR) is 202 cm³/mol. The average molecular weight is 794 g/mol. The molecule has 17 heteroatoms. The minimum atomic E-state index is -4.13. The number of likely N-dealkylation sites (N-methyl/N-ethyl adjacent to an activating group) is 1. The summed E-state index contributed by atoms with van der Waals surface area (Å²) in [6.45, 7) is 7.81. The van der Waals surface area contributed by atoms with Crippen LogP contribution < -0.4 is 15.5 Å². The van der Waals surface area contributed by atoms with Crippen LogP contribution in [-0.4, -0.2) is 72.1 Å². The van der Waals surface area contributed by atoms with Gasteiger partial charge >= 0.3 is 18.3 Å². The molecule has 3 heterocycles. The first-order chi connectivity index (χ1) is 26.2. The van der Waals surface area contributed by atoms with E-state index in [1.807, 2.05) is 6.92 Å². The van der Waals surface area contributed by atoms with Crippen molar-refractivity contribution in [2.75, 3.05) is 29.2 Å². The van der Waals surface area contributed by atoms with Crippen LogP contribution in [0.4, 0.5) is 40.4 Å². The molecular weight excluding hydrogens is 753 g/mol. The third kappa shape index (κ3) is 8.22. The number of nitrogens with one attached hydrogen (secondary N) is 2. The van der Waals surface area contributed by atoms with Crippen LogP contribution in [-0.2, 0) is 30.7 Å². The highest BCUT2D eigenvalue weighted by molar-refractivity contribution is 7.92. The lowest BCUT2D eigenvalue weighted by atomic mass is 9.93. The first-order valence-corrected chi connectivity index (χ1v) is 19.3. The number of carbonyl (C=O) groups is 4. The number of benzene rings is 3. The molecule has 1 aliphatic carbocycles. The number of ether oxygens (including phenoxy) is 2. The van der Waals surface area contributed by atoms with Crippen molar-refractivity contribution in [2.45, 2.75) is 81.7 Å². The molecule has 2 atom stereocenters. The number of hydrogen-bond donors (Lipinski definition) is 3. The van der Waals surface area contributed by atoms with E-state index < -0.39 is 79.8 Å². The Morgan fingerprint density at radius 3 is 2.43 bits per heavy atom.